The Morgan fingerprint density at radius 2 is 2.10 bits per heavy atom. The highest BCUT2D eigenvalue weighted by molar-refractivity contribution is 7.93. The van der Waals surface area contributed by atoms with Crippen LogP contribution < -0.4 is 10.0 Å². The van der Waals surface area contributed by atoms with Gasteiger partial charge in [0.25, 0.3) is 10.0 Å². The topological polar surface area (TPSA) is 101 Å². The fourth-order valence-corrected chi connectivity index (χ4v) is 3.94. The van der Waals surface area contributed by atoms with E-state index in [-0.39, 0.29) is 23.0 Å². The molecule has 0 radical (unpaired) electrons. The van der Waals surface area contributed by atoms with Crippen LogP contribution in [-0.2, 0) is 17.1 Å². The number of aromatic nitrogens is 2. The fraction of sp³-hybridized carbons (Fsp3) is 0.308. The molecule has 0 saturated heterocycles. The third-order valence-corrected chi connectivity index (χ3v) is 5.33. The Morgan fingerprint density at radius 3 is 2.57 bits per heavy atom. The third-order valence-electron chi connectivity index (χ3n) is 3.26. The number of nitrogens with two attached hydrogens (primary N) is 1. The molecule has 0 aliphatic carbocycles. The minimum atomic E-state index is -3.85. The van der Waals surface area contributed by atoms with E-state index in [1.54, 1.807) is 33.0 Å². The summed E-state index contributed by atoms with van der Waals surface area (Å²) >= 11 is 0. The highest BCUT2D eigenvalue weighted by Crippen LogP contribution is 2.30. The van der Waals surface area contributed by atoms with Crippen molar-refractivity contribution in [1.82, 2.24) is 9.78 Å². The molecule has 3 N–H and O–H groups in total. The number of sulfonamides is 1. The first-order valence-electron chi connectivity index (χ1n) is 6.40. The van der Waals surface area contributed by atoms with Gasteiger partial charge in [-0.05, 0) is 26.0 Å². The lowest BCUT2D eigenvalue weighted by Gasteiger charge is -2.23. The zero-order valence-corrected chi connectivity index (χ0v) is 12.9. The molecule has 114 valence electrons. The van der Waals surface area contributed by atoms with Gasteiger partial charge in [0, 0.05) is 19.7 Å². The van der Waals surface area contributed by atoms with Crippen molar-refractivity contribution in [3.8, 4) is 5.75 Å². The van der Waals surface area contributed by atoms with Crippen molar-refractivity contribution in [2.24, 2.45) is 7.05 Å². The van der Waals surface area contributed by atoms with Gasteiger partial charge in [-0.1, -0.05) is 6.07 Å². The molecule has 0 saturated carbocycles. The molecule has 0 atom stereocenters. The maximum atomic E-state index is 12.8. The van der Waals surface area contributed by atoms with Crippen LogP contribution in [0, 0.1) is 6.92 Å². The summed E-state index contributed by atoms with van der Waals surface area (Å²) in [7, 11) is -2.21. The molecule has 7 nitrogen and oxygen atoms in total. The highest BCUT2D eigenvalue weighted by Gasteiger charge is 2.30. The number of nitrogens with zero attached hydrogens (tertiary/aromatic N) is 3. The number of benzene rings is 1. The summed E-state index contributed by atoms with van der Waals surface area (Å²) < 4.78 is 28.3. The number of aromatic hydroxyl groups is 1. The van der Waals surface area contributed by atoms with E-state index in [4.69, 9.17) is 5.73 Å². The largest absolute Gasteiger partial charge is 0.508 e. The smallest absolute Gasteiger partial charge is 0.269 e. The summed E-state index contributed by atoms with van der Waals surface area (Å²) in [4.78, 5) is -0.00445. The molecule has 1 aromatic heterocycles. The molecular formula is C13H18N4O3S. The monoisotopic (exact) mass is 310 g/mol. The minimum Gasteiger partial charge on any atom is -0.508 e. The molecule has 1 aromatic carbocycles. The number of phenolic OH excluding ortho intramolecular Hbond substituents is 1. The molecule has 0 spiro atoms. The lowest BCUT2D eigenvalue weighted by atomic mass is 10.3. The molecular weight excluding hydrogens is 292 g/mol. The van der Waals surface area contributed by atoms with Crippen LogP contribution in [0.15, 0.2) is 29.2 Å². The molecule has 0 fully saturated rings. The van der Waals surface area contributed by atoms with Gasteiger partial charge in [-0.2, -0.15) is 5.10 Å². The Morgan fingerprint density at radius 1 is 1.43 bits per heavy atom. The van der Waals surface area contributed by atoms with E-state index in [1.807, 2.05) is 0 Å². The normalized spacial score (nSPS) is 11.6. The molecule has 0 bridgehead atoms. The minimum absolute atomic E-state index is 0.00275. The van der Waals surface area contributed by atoms with Gasteiger partial charge in [0.15, 0.2) is 10.7 Å². The number of phenols is 1. The van der Waals surface area contributed by atoms with E-state index in [0.717, 1.165) is 0 Å². The molecule has 1 heterocycles. The Balaban J connectivity index is 2.60. The van der Waals surface area contributed by atoms with Crippen molar-refractivity contribution in [3.63, 3.8) is 0 Å². The van der Waals surface area contributed by atoms with Crippen LogP contribution in [0.3, 0.4) is 0 Å². The lowest BCUT2D eigenvalue weighted by molar-refractivity contribution is 0.475. The summed E-state index contributed by atoms with van der Waals surface area (Å²) in [6.45, 7) is 3.57. The Kier molecular flexibility index (Phi) is 3.82. The van der Waals surface area contributed by atoms with Crippen molar-refractivity contribution >= 4 is 21.5 Å². The van der Waals surface area contributed by atoms with E-state index >= 15 is 0 Å². The first kappa shape index (κ1) is 15.2. The van der Waals surface area contributed by atoms with E-state index in [9.17, 15) is 13.5 Å². The average Bonchev–Trinajstić information content (AvgIpc) is 2.64. The third kappa shape index (κ3) is 2.54. The summed E-state index contributed by atoms with van der Waals surface area (Å²) in [5.74, 6) is -0.0365. The Bertz CT molecular complexity index is 768. The van der Waals surface area contributed by atoms with Gasteiger partial charge >= 0.3 is 0 Å². The number of hydrogen-bond acceptors (Lipinski definition) is 5. The van der Waals surface area contributed by atoms with E-state index in [1.165, 1.54) is 21.1 Å². The van der Waals surface area contributed by atoms with Crippen molar-refractivity contribution < 1.29 is 13.5 Å². The first-order valence-corrected chi connectivity index (χ1v) is 7.84. The quantitative estimate of drug-likeness (QED) is 0.884. The molecule has 0 aliphatic heterocycles. The predicted molar refractivity (Wildman–Crippen MR) is 80.7 cm³/mol. The highest BCUT2D eigenvalue weighted by atomic mass is 32.2. The van der Waals surface area contributed by atoms with Gasteiger partial charge in [-0.25, -0.2) is 8.42 Å². The second-order valence-corrected chi connectivity index (χ2v) is 6.41. The van der Waals surface area contributed by atoms with Gasteiger partial charge in [0.2, 0.25) is 0 Å². The van der Waals surface area contributed by atoms with Crippen LogP contribution in [0.1, 0.15) is 12.6 Å². The van der Waals surface area contributed by atoms with Crippen molar-refractivity contribution in [2.45, 2.75) is 18.7 Å². The molecule has 0 aliphatic rings. The number of nitrogen functional groups attached to an aromatic ring is 1. The Hall–Kier alpha value is -2.22. The first-order chi connectivity index (χ1) is 9.78. The molecule has 0 unspecified atom stereocenters. The maximum Gasteiger partial charge on any atom is 0.269 e. The maximum absolute atomic E-state index is 12.8. The number of anilines is 2. The second-order valence-electron chi connectivity index (χ2n) is 4.61. The van der Waals surface area contributed by atoms with Crippen LogP contribution in [0.4, 0.5) is 11.5 Å². The van der Waals surface area contributed by atoms with Gasteiger partial charge in [-0.15, -0.1) is 0 Å². The van der Waals surface area contributed by atoms with Crippen molar-refractivity contribution in [1.29, 1.82) is 0 Å². The zero-order valence-electron chi connectivity index (χ0n) is 12.1. The summed E-state index contributed by atoms with van der Waals surface area (Å²) in [5.41, 5.74) is 6.58. The van der Waals surface area contributed by atoms with Crippen LogP contribution in [-0.4, -0.2) is 29.8 Å². The van der Waals surface area contributed by atoms with Gasteiger partial charge < -0.3 is 10.8 Å². The van der Waals surface area contributed by atoms with Crippen molar-refractivity contribution in [3.05, 3.63) is 30.0 Å². The van der Waals surface area contributed by atoms with Crippen LogP contribution in [0.2, 0.25) is 0 Å². The standard InChI is InChI=1S/C13H18N4O3S/c1-4-17(10-6-5-7-11(18)8-10)21(19,20)12-9(2)16(3)15-13(12)14/h5-8,18H,4H2,1-3H3,(H2,14,15). The second kappa shape index (κ2) is 5.28. The fourth-order valence-electron chi connectivity index (χ4n) is 2.18. The van der Waals surface area contributed by atoms with Crippen LogP contribution in [0.5, 0.6) is 5.75 Å². The zero-order chi connectivity index (χ0) is 15.8. The number of rotatable bonds is 4. The lowest BCUT2D eigenvalue weighted by Crippen LogP contribution is -2.31. The summed E-state index contributed by atoms with van der Waals surface area (Å²) in [6.07, 6.45) is 0. The molecule has 0 amide bonds. The van der Waals surface area contributed by atoms with Gasteiger partial charge in [0.05, 0.1) is 11.4 Å². The van der Waals surface area contributed by atoms with Gasteiger partial charge in [0.1, 0.15) is 5.75 Å². The number of aryl methyl sites for hydroxylation is 1. The van der Waals surface area contributed by atoms with Crippen LogP contribution >= 0.6 is 0 Å². The molecule has 2 rings (SSSR count). The molecule has 21 heavy (non-hydrogen) atoms. The van der Waals surface area contributed by atoms with Gasteiger partial charge in [-0.3, -0.25) is 8.99 Å². The molecule has 2 aromatic rings. The molecule has 8 heteroatoms. The average molecular weight is 310 g/mol. The van der Waals surface area contributed by atoms with E-state index < -0.39 is 10.0 Å². The van der Waals surface area contributed by atoms with Crippen molar-refractivity contribution in [2.75, 3.05) is 16.6 Å². The SMILES string of the molecule is CCN(c1cccc(O)c1)S(=O)(=O)c1c(N)nn(C)c1C. The summed E-state index contributed by atoms with van der Waals surface area (Å²) in [6, 6.07) is 6.07. The Labute approximate surface area is 123 Å². The van der Waals surface area contributed by atoms with E-state index in [0.29, 0.717) is 11.4 Å². The summed E-state index contributed by atoms with van der Waals surface area (Å²) in [5, 5.41) is 13.5. The number of hydrogen-bond donors (Lipinski definition) is 2. The van der Waals surface area contributed by atoms with E-state index in [2.05, 4.69) is 5.10 Å². The predicted octanol–water partition coefficient (Wildman–Crippen LogP) is 1.23. The van der Waals surface area contributed by atoms with Crippen LogP contribution in [0.25, 0.3) is 0 Å².